The average molecular weight is 385 g/mol. The van der Waals surface area contributed by atoms with Crippen molar-refractivity contribution in [1.29, 1.82) is 0 Å². The number of anilines is 1. The summed E-state index contributed by atoms with van der Waals surface area (Å²) in [5.74, 6) is -1.65. The second-order valence-electron chi connectivity index (χ2n) is 7.10. The highest BCUT2D eigenvalue weighted by molar-refractivity contribution is 6.23. The number of piperidine rings is 1. The molecule has 8 nitrogen and oxygen atoms in total. The van der Waals surface area contributed by atoms with Crippen LogP contribution in [0.2, 0.25) is 0 Å². The number of rotatable bonds is 7. The van der Waals surface area contributed by atoms with Crippen molar-refractivity contribution in [3.63, 3.8) is 0 Å². The lowest BCUT2D eigenvalue weighted by atomic mass is 9.97. The van der Waals surface area contributed by atoms with E-state index in [9.17, 15) is 24.0 Å². The maximum Gasteiger partial charge on any atom is 0.262 e. The highest BCUT2D eigenvalue weighted by Gasteiger charge is 2.42. The summed E-state index contributed by atoms with van der Waals surface area (Å²) in [6.07, 6.45) is 3.59. The first-order chi connectivity index (χ1) is 13.5. The lowest BCUT2D eigenvalue weighted by Crippen LogP contribution is -2.49. The van der Waals surface area contributed by atoms with Crippen molar-refractivity contribution in [2.45, 2.75) is 38.6 Å². The molecule has 2 aliphatic rings. The van der Waals surface area contributed by atoms with Gasteiger partial charge in [-0.1, -0.05) is 13.3 Å². The Balaban J connectivity index is 1.86. The first-order valence-corrected chi connectivity index (χ1v) is 9.48. The zero-order valence-electron chi connectivity index (χ0n) is 15.7. The zero-order chi connectivity index (χ0) is 20.3. The van der Waals surface area contributed by atoms with Crippen molar-refractivity contribution in [1.82, 2.24) is 10.2 Å². The summed E-state index contributed by atoms with van der Waals surface area (Å²) >= 11 is 0. The van der Waals surface area contributed by atoms with E-state index in [0.717, 1.165) is 29.7 Å². The molecule has 1 fully saturated rings. The first kappa shape index (κ1) is 19.7. The Morgan fingerprint density at radius 1 is 1.18 bits per heavy atom. The van der Waals surface area contributed by atoms with Crippen LogP contribution in [0, 0.1) is 5.92 Å². The lowest BCUT2D eigenvalue weighted by Gasteiger charge is -2.31. The predicted octanol–water partition coefficient (Wildman–Crippen LogP) is 1.14. The Bertz CT molecular complexity index is 814. The molecule has 0 aromatic heterocycles. The molecule has 3 rings (SSSR count). The quantitative estimate of drug-likeness (QED) is 0.558. The molecule has 0 bridgehead atoms. The molecule has 148 valence electrons. The molecule has 2 aliphatic heterocycles. The van der Waals surface area contributed by atoms with Crippen LogP contribution in [0.4, 0.5) is 5.69 Å². The standard InChI is InChI=1S/C20H23N3O5/c1-2-3-17(18(26)21-12-25)23-19(27)15-5-4-14(10-16(15)20(23)28)22-8-6-13(11-24)7-9-22/h4-5,10-13,17H,2-3,6-9H2,1H3,(H,21,25,26). The van der Waals surface area contributed by atoms with Gasteiger partial charge in [0, 0.05) is 24.7 Å². The highest BCUT2D eigenvalue weighted by Crippen LogP contribution is 2.31. The minimum absolute atomic E-state index is 0.0653. The van der Waals surface area contributed by atoms with Crippen LogP contribution in [0.3, 0.4) is 0 Å². The van der Waals surface area contributed by atoms with Gasteiger partial charge in [-0.3, -0.25) is 29.4 Å². The Kier molecular flexibility index (Phi) is 5.87. The predicted molar refractivity (Wildman–Crippen MR) is 101 cm³/mol. The Morgan fingerprint density at radius 3 is 2.46 bits per heavy atom. The van der Waals surface area contributed by atoms with E-state index in [0.29, 0.717) is 19.5 Å². The smallest absolute Gasteiger partial charge is 0.262 e. The molecule has 1 N–H and O–H groups in total. The number of amides is 4. The van der Waals surface area contributed by atoms with Gasteiger partial charge in [-0.05, 0) is 37.5 Å². The SMILES string of the molecule is CCCC(C(=O)NC=O)N1C(=O)c2ccc(N3CCC(C=O)CC3)cc2C1=O. The molecule has 1 unspecified atom stereocenters. The Morgan fingerprint density at radius 2 is 1.86 bits per heavy atom. The van der Waals surface area contributed by atoms with Crippen LogP contribution in [0.25, 0.3) is 0 Å². The van der Waals surface area contributed by atoms with E-state index < -0.39 is 23.8 Å². The fourth-order valence-corrected chi connectivity index (χ4v) is 3.83. The molecule has 0 aliphatic carbocycles. The number of fused-ring (bicyclic) bond motifs is 1. The monoisotopic (exact) mass is 385 g/mol. The van der Waals surface area contributed by atoms with Crippen molar-refractivity contribution in [3.8, 4) is 0 Å². The van der Waals surface area contributed by atoms with Crippen molar-refractivity contribution < 1.29 is 24.0 Å². The van der Waals surface area contributed by atoms with Crippen LogP contribution in [0.5, 0.6) is 0 Å². The zero-order valence-corrected chi connectivity index (χ0v) is 15.7. The highest BCUT2D eigenvalue weighted by atomic mass is 16.2. The van der Waals surface area contributed by atoms with E-state index >= 15 is 0 Å². The Labute approximate surface area is 162 Å². The molecule has 1 aromatic carbocycles. The van der Waals surface area contributed by atoms with Gasteiger partial charge < -0.3 is 9.69 Å². The molecule has 0 spiro atoms. The molecular formula is C20H23N3O5. The van der Waals surface area contributed by atoms with Gasteiger partial charge in [0.1, 0.15) is 12.3 Å². The molecule has 8 heteroatoms. The number of carbonyl (C=O) groups is 5. The minimum atomic E-state index is -1.02. The van der Waals surface area contributed by atoms with Crippen LogP contribution in [-0.4, -0.2) is 54.4 Å². The van der Waals surface area contributed by atoms with Crippen LogP contribution < -0.4 is 10.2 Å². The molecule has 1 saturated heterocycles. The molecule has 1 aromatic rings. The summed E-state index contributed by atoms with van der Waals surface area (Å²) in [6, 6.07) is 4.05. The van der Waals surface area contributed by atoms with E-state index in [1.807, 2.05) is 12.2 Å². The van der Waals surface area contributed by atoms with Crippen molar-refractivity contribution in [2.75, 3.05) is 18.0 Å². The van der Waals surface area contributed by atoms with Crippen LogP contribution in [0.1, 0.15) is 53.3 Å². The van der Waals surface area contributed by atoms with E-state index in [1.54, 1.807) is 18.2 Å². The number of benzene rings is 1. The molecule has 0 radical (unpaired) electrons. The second kappa shape index (κ2) is 8.33. The van der Waals surface area contributed by atoms with Gasteiger partial charge in [0.2, 0.25) is 12.3 Å². The lowest BCUT2D eigenvalue weighted by molar-refractivity contribution is -0.128. The molecule has 0 saturated carbocycles. The third kappa shape index (κ3) is 3.54. The number of hydrogen-bond acceptors (Lipinski definition) is 6. The fraction of sp³-hybridized carbons (Fsp3) is 0.450. The number of imide groups is 2. The Hall–Kier alpha value is -3.03. The third-order valence-corrected chi connectivity index (χ3v) is 5.38. The number of nitrogens with zero attached hydrogens (tertiary/aromatic N) is 2. The van der Waals surface area contributed by atoms with Gasteiger partial charge in [-0.2, -0.15) is 0 Å². The summed E-state index contributed by atoms with van der Waals surface area (Å²) < 4.78 is 0. The van der Waals surface area contributed by atoms with E-state index in [2.05, 4.69) is 4.90 Å². The van der Waals surface area contributed by atoms with E-state index in [1.165, 1.54) is 0 Å². The van der Waals surface area contributed by atoms with Gasteiger partial charge in [0.25, 0.3) is 11.8 Å². The van der Waals surface area contributed by atoms with Gasteiger partial charge >= 0.3 is 0 Å². The summed E-state index contributed by atoms with van der Waals surface area (Å²) in [6.45, 7) is 3.24. The molecule has 4 amide bonds. The van der Waals surface area contributed by atoms with E-state index in [-0.39, 0.29) is 29.9 Å². The number of nitrogens with one attached hydrogen (secondary N) is 1. The summed E-state index contributed by atoms with van der Waals surface area (Å²) in [5, 5.41) is 2.05. The molecule has 1 atom stereocenters. The van der Waals surface area contributed by atoms with Gasteiger partial charge in [0.15, 0.2) is 0 Å². The minimum Gasteiger partial charge on any atom is -0.371 e. The maximum atomic E-state index is 12.9. The largest absolute Gasteiger partial charge is 0.371 e. The number of aldehydes is 1. The van der Waals surface area contributed by atoms with Gasteiger partial charge in [0.05, 0.1) is 11.1 Å². The number of hydrogen-bond donors (Lipinski definition) is 1. The normalized spacial score (nSPS) is 18.0. The van der Waals surface area contributed by atoms with Crippen LogP contribution >= 0.6 is 0 Å². The summed E-state index contributed by atoms with van der Waals surface area (Å²) in [5.41, 5.74) is 1.34. The topological polar surface area (TPSA) is 104 Å². The van der Waals surface area contributed by atoms with Gasteiger partial charge in [-0.25, -0.2) is 0 Å². The third-order valence-electron chi connectivity index (χ3n) is 5.38. The van der Waals surface area contributed by atoms with E-state index in [4.69, 9.17) is 0 Å². The second-order valence-corrected chi connectivity index (χ2v) is 7.10. The number of carbonyl (C=O) groups excluding carboxylic acids is 5. The van der Waals surface area contributed by atoms with Crippen molar-refractivity contribution in [2.24, 2.45) is 5.92 Å². The van der Waals surface area contributed by atoms with Crippen LogP contribution in [-0.2, 0) is 14.4 Å². The molecule has 28 heavy (non-hydrogen) atoms. The van der Waals surface area contributed by atoms with Crippen molar-refractivity contribution in [3.05, 3.63) is 29.3 Å². The summed E-state index contributed by atoms with van der Waals surface area (Å²) in [7, 11) is 0. The molecular weight excluding hydrogens is 362 g/mol. The summed E-state index contributed by atoms with van der Waals surface area (Å²) in [4.78, 5) is 62.5. The van der Waals surface area contributed by atoms with Crippen LogP contribution in [0.15, 0.2) is 18.2 Å². The fourth-order valence-electron chi connectivity index (χ4n) is 3.83. The average Bonchev–Trinajstić information content (AvgIpc) is 2.96. The van der Waals surface area contributed by atoms with Gasteiger partial charge in [-0.15, -0.1) is 0 Å². The van der Waals surface area contributed by atoms with Crippen molar-refractivity contribution >= 4 is 36.1 Å². The first-order valence-electron chi connectivity index (χ1n) is 9.48. The maximum absolute atomic E-state index is 12.9. The molecule has 2 heterocycles.